The fraction of sp³-hybridized carbons (Fsp3) is 0.923. The molecule has 0 aromatic rings. The second kappa shape index (κ2) is 5.52. The minimum Gasteiger partial charge on any atom is -0.361 e. The van der Waals surface area contributed by atoms with Crippen LogP contribution in [0.25, 0.3) is 0 Å². The van der Waals surface area contributed by atoms with Gasteiger partial charge in [0.25, 0.3) is 0 Å². The summed E-state index contributed by atoms with van der Waals surface area (Å²) in [4.78, 5) is 17.6. The zero-order chi connectivity index (χ0) is 15.0. The van der Waals surface area contributed by atoms with Gasteiger partial charge in [0.1, 0.15) is 0 Å². The minimum atomic E-state index is -4.92. The third-order valence-electron chi connectivity index (χ3n) is 4.27. The molecule has 0 aromatic carbocycles. The molecule has 0 spiro atoms. The molecule has 2 aliphatic rings. The Balaban J connectivity index is 1.82. The molecule has 2 saturated heterocycles. The van der Waals surface area contributed by atoms with Crippen LogP contribution in [0.5, 0.6) is 0 Å². The first-order valence-corrected chi connectivity index (χ1v) is 7.01. The first-order chi connectivity index (χ1) is 9.20. The number of alkyl halides is 3. The zero-order valence-corrected chi connectivity index (χ0v) is 11.9. The van der Waals surface area contributed by atoms with E-state index >= 15 is 0 Å². The Bertz CT molecular complexity index is 363. The van der Waals surface area contributed by atoms with Crippen LogP contribution in [0, 0.1) is 0 Å². The molecular weight excluding hydrogens is 273 g/mol. The van der Waals surface area contributed by atoms with Crippen molar-refractivity contribution in [3.05, 3.63) is 0 Å². The summed E-state index contributed by atoms with van der Waals surface area (Å²) in [5, 5.41) is 1.13. The molecule has 20 heavy (non-hydrogen) atoms. The van der Waals surface area contributed by atoms with E-state index in [1.807, 2.05) is 0 Å². The molecule has 2 aliphatic heterocycles. The predicted molar refractivity (Wildman–Crippen MR) is 66.8 cm³/mol. The average molecular weight is 294 g/mol. The number of piperidine rings is 1. The van der Waals surface area contributed by atoms with Crippen molar-refractivity contribution in [2.45, 2.75) is 57.3 Å². The summed E-state index contributed by atoms with van der Waals surface area (Å²) in [6, 6.07) is 0.369. The lowest BCUT2D eigenvalue weighted by Crippen LogP contribution is -2.51. The second-order valence-corrected chi connectivity index (χ2v) is 6.15. The first-order valence-electron chi connectivity index (χ1n) is 7.01. The van der Waals surface area contributed by atoms with Gasteiger partial charge in [0.05, 0.1) is 0 Å². The van der Waals surface area contributed by atoms with Crippen molar-refractivity contribution in [3.8, 4) is 0 Å². The highest BCUT2D eigenvalue weighted by molar-refractivity contribution is 5.75. The van der Waals surface area contributed by atoms with Gasteiger partial charge in [0.15, 0.2) is 0 Å². The maximum absolute atomic E-state index is 12.1. The van der Waals surface area contributed by atoms with Gasteiger partial charge >= 0.3 is 12.1 Å². The fourth-order valence-electron chi connectivity index (χ4n) is 3.22. The highest BCUT2D eigenvalue weighted by Gasteiger charge is 2.43. The number of carbonyl (C=O) groups excluding carboxylic acids is 1. The Kier molecular flexibility index (Phi) is 4.30. The normalized spacial score (nSPS) is 25.9. The molecule has 2 fully saturated rings. The lowest BCUT2D eigenvalue weighted by Gasteiger charge is -2.42. The van der Waals surface area contributed by atoms with Gasteiger partial charge < -0.3 is 4.84 Å². The number of nitrogens with zero attached hydrogens (tertiary/aromatic N) is 2. The van der Waals surface area contributed by atoms with Crippen molar-refractivity contribution < 1.29 is 22.8 Å². The van der Waals surface area contributed by atoms with E-state index in [-0.39, 0.29) is 5.54 Å². The van der Waals surface area contributed by atoms with E-state index in [1.165, 1.54) is 0 Å². The number of rotatable bonds is 2. The SMILES string of the molecule is CC1(C)CCCN1C1CCN(OC(=O)C(F)(F)F)CC1. The molecule has 4 nitrogen and oxygen atoms in total. The molecule has 0 aromatic heterocycles. The van der Waals surface area contributed by atoms with E-state index in [0.717, 1.165) is 37.3 Å². The molecule has 0 radical (unpaired) electrons. The maximum Gasteiger partial charge on any atom is 0.492 e. The van der Waals surface area contributed by atoms with Gasteiger partial charge in [-0.1, -0.05) is 0 Å². The van der Waals surface area contributed by atoms with Crippen LogP contribution < -0.4 is 0 Å². The number of likely N-dealkylation sites (tertiary alicyclic amines) is 1. The summed E-state index contributed by atoms with van der Waals surface area (Å²) in [5.41, 5.74) is 0.162. The minimum absolute atomic E-state index is 0.162. The van der Waals surface area contributed by atoms with E-state index in [1.54, 1.807) is 0 Å². The highest BCUT2D eigenvalue weighted by atomic mass is 19.4. The van der Waals surface area contributed by atoms with E-state index in [2.05, 4.69) is 23.6 Å². The Labute approximate surface area is 116 Å². The summed E-state index contributed by atoms with van der Waals surface area (Å²) in [6.07, 6.45) is -1.15. The maximum atomic E-state index is 12.1. The molecule has 0 amide bonds. The summed E-state index contributed by atoms with van der Waals surface area (Å²) in [6.45, 7) is 6.17. The average Bonchev–Trinajstić information content (AvgIpc) is 2.69. The van der Waals surface area contributed by atoms with E-state index in [4.69, 9.17) is 0 Å². The van der Waals surface area contributed by atoms with Crippen molar-refractivity contribution in [3.63, 3.8) is 0 Å². The lowest BCUT2D eigenvalue weighted by molar-refractivity contribution is -0.242. The van der Waals surface area contributed by atoms with E-state index < -0.39 is 12.1 Å². The molecule has 7 heteroatoms. The predicted octanol–water partition coefficient (Wildman–Crippen LogP) is 2.35. The standard InChI is InChI=1S/C13H21F3N2O2/c1-12(2)6-3-7-18(12)10-4-8-17(9-5-10)20-11(19)13(14,15)16/h10H,3-9H2,1-2H3. The molecule has 2 heterocycles. The number of halogens is 3. The summed E-state index contributed by atoms with van der Waals surface area (Å²) in [7, 11) is 0. The molecule has 0 atom stereocenters. The molecular formula is C13H21F3N2O2. The number of hydrogen-bond acceptors (Lipinski definition) is 4. The second-order valence-electron chi connectivity index (χ2n) is 6.15. The van der Waals surface area contributed by atoms with Crippen LogP contribution in [0.1, 0.15) is 39.5 Å². The third-order valence-corrected chi connectivity index (χ3v) is 4.27. The van der Waals surface area contributed by atoms with Gasteiger partial charge in [-0.25, -0.2) is 4.79 Å². The molecule has 2 rings (SSSR count). The summed E-state index contributed by atoms with van der Waals surface area (Å²) < 4.78 is 36.4. The van der Waals surface area contributed by atoms with Crippen molar-refractivity contribution in [2.75, 3.05) is 19.6 Å². The molecule has 0 aliphatic carbocycles. The summed E-state index contributed by atoms with van der Waals surface area (Å²) >= 11 is 0. The van der Waals surface area contributed by atoms with Crippen LogP contribution in [0.3, 0.4) is 0 Å². The van der Waals surface area contributed by atoms with Crippen molar-refractivity contribution in [1.82, 2.24) is 9.96 Å². The quantitative estimate of drug-likeness (QED) is 0.782. The monoisotopic (exact) mass is 294 g/mol. The van der Waals surface area contributed by atoms with Gasteiger partial charge in [-0.15, -0.1) is 5.06 Å². The van der Waals surface area contributed by atoms with Gasteiger partial charge in [0.2, 0.25) is 0 Å². The van der Waals surface area contributed by atoms with Crippen LogP contribution in [-0.4, -0.2) is 53.3 Å². The molecule has 0 unspecified atom stereocenters. The Hall–Kier alpha value is -0.820. The summed E-state index contributed by atoms with van der Waals surface area (Å²) in [5.74, 6) is -2.13. The van der Waals surface area contributed by atoms with Crippen molar-refractivity contribution in [2.24, 2.45) is 0 Å². The lowest BCUT2D eigenvalue weighted by atomic mass is 9.97. The number of hydrogen-bond donors (Lipinski definition) is 0. The van der Waals surface area contributed by atoms with E-state index in [9.17, 15) is 18.0 Å². The van der Waals surface area contributed by atoms with Crippen LogP contribution in [0.15, 0.2) is 0 Å². The Morgan fingerprint density at radius 2 is 1.80 bits per heavy atom. The number of carbonyl (C=O) groups is 1. The van der Waals surface area contributed by atoms with Gasteiger partial charge in [-0.05, 0) is 46.1 Å². The third kappa shape index (κ3) is 3.44. The van der Waals surface area contributed by atoms with Crippen LogP contribution in [0.4, 0.5) is 13.2 Å². The van der Waals surface area contributed by atoms with E-state index in [0.29, 0.717) is 19.1 Å². The largest absolute Gasteiger partial charge is 0.492 e. The topological polar surface area (TPSA) is 32.8 Å². The van der Waals surface area contributed by atoms with Crippen LogP contribution in [0.2, 0.25) is 0 Å². The van der Waals surface area contributed by atoms with Gasteiger partial charge in [-0.2, -0.15) is 13.2 Å². The fourth-order valence-corrected chi connectivity index (χ4v) is 3.22. The number of hydroxylamine groups is 2. The van der Waals surface area contributed by atoms with Gasteiger partial charge in [0, 0.05) is 24.7 Å². The Morgan fingerprint density at radius 1 is 1.20 bits per heavy atom. The zero-order valence-electron chi connectivity index (χ0n) is 11.9. The molecule has 0 N–H and O–H groups in total. The van der Waals surface area contributed by atoms with Crippen molar-refractivity contribution >= 4 is 5.97 Å². The Morgan fingerprint density at radius 3 is 2.25 bits per heavy atom. The smallest absolute Gasteiger partial charge is 0.361 e. The van der Waals surface area contributed by atoms with Crippen LogP contribution >= 0.6 is 0 Å². The van der Waals surface area contributed by atoms with Crippen LogP contribution in [-0.2, 0) is 9.63 Å². The van der Waals surface area contributed by atoms with Gasteiger partial charge in [-0.3, -0.25) is 4.90 Å². The molecule has 116 valence electrons. The molecule has 0 bridgehead atoms. The highest BCUT2D eigenvalue weighted by Crippen LogP contribution is 2.33. The van der Waals surface area contributed by atoms with Crippen molar-refractivity contribution in [1.29, 1.82) is 0 Å². The first kappa shape index (κ1) is 15.6. The molecule has 0 saturated carbocycles.